The average molecular weight is 288 g/mol. The van der Waals surface area contributed by atoms with Crippen molar-refractivity contribution in [1.82, 2.24) is 10.3 Å². The van der Waals surface area contributed by atoms with Crippen LogP contribution in [0.25, 0.3) is 0 Å². The van der Waals surface area contributed by atoms with Crippen molar-refractivity contribution in [2.24, 2.45) is 5.92 Å². The van der Waals surface area contributed by atoms with Gasteiger partial charge in [0.25, 0.3) is 0 Å². The molecule has 2 rings (SSSR count). The normalized spacial score (nSPS) is 18.4. The molecule has 1 fully saturated rings. The quantitative estimate of drug-likeness (QED) is 0.875. The van der Waals surface area contributed by atoms with Crippen LogP contribution < -0.4 is 5.32 Å². The van der Waals surface area contributed by atoms with E-state index in [1.165, 1.54) is 12.3 Å². The molecule has 1 atom stereocenters. The smallest absolute Gasteiger partial charge is 0.392 e. The van der Waals surface area contributed by atoms with Gasteiger partial charge in [-0.25, -0.2) is 0 Å². The van der Waals surface area contributed by atoms with Gasteiger partial charge < -0.3 is 10.4 Å². The summed E-state index contributed by atoms with van der Waals surface area (Å²) in [4.78, 5) is 3.78. The second kappa shape index (κ2) is 6.54. The summed E-state index contributed by atoms with van der Waals surface area (Å²) in [5.41, 5.74) is -0.749. The number of aliphatic hydroxyl groups excluding tert-OH is 1. The van der Waals surface area contributed by atoms with Gasteiger partial charge in [-0.1, -0.05) is 12.8 Å². The van der Waals surface area contributed by atoms with E-state index in [2.05, 4.69) is 10.3 Å². The Morgan fingerprint density at radius 1 is 1.35 bits per heavy atom. The van der Waals surface area contributed by atoms with E-state index >= 15 is 0 Å². The van der Waals surface area contributed by atoms with Crippen molar-refractivity contribution in [1.29, 1.82) is 0 Å². The summed E-state index contributed by atoms with van der Waals surface area (Å²) in [6, 6.07) is 2.30. The molecule has 1 unspecified atom stereocenters. The van der Waals surface area contributed by atoms with Crippen LogP contribution in [0.15, 0.2) is 18.3 Å². The van der Waals surface area contributed by atoms with Crippen molar-refractivity contribution in [2.75, 3.05) is 6.54 Å². The van der Waals surface area contributed by atoms with Gasteiger partial charge in [-0.3, -0.25) is 4.98 Å². The second-order valence-electron chi connectivity index (χ2n) is 5.24. The number of aliphatic hydroxyl groups is 1. The van der Waals surface area contributed by atoms with Crippen LogP contribution in [0, 0.1) is 5.92 Å². The van der Waals surface area contributed by atoms with Crippen LogP contribution in [0.1, 0.15) is 36.9 Å². The van der Waals surface area contributed by atoms with Crippen molar-refractivity contribution >= 4 is 0 Å². The zero-order valence-corrected chi connectivity index (χ0v) is 11.2. The highest BCUT2D eigenvalue weighted by molar-refractivity contribution is 5.22. The molecule has 2 N–H and O–H groups in total. The van der Waals surface area contributed by atoms with Crippen LogP contribution in [0.4, 0.5) is 13.2 Å². The maximum Gasteiger partial charge on any atom is 0.418 e. The number of halogens is 3. The lowest BCUT2D eigenvalue weighted by Gasteiger charge is -2.18. The van der Waals surface area contributed by atoms with Crippen LogP contribution in [-0.4, -0.2) is 22.7 Å². The largest absolute Gasteiger partial charge is 0.418 e. The third-order valence-electron chi connectivity index (χ3n) is 3.79. The standard InChI is InChI=1S/C14H19F3N2O/c15-14(16,17)11-6-3-7-19-12(11)8-18-9-13(20)10-4-1-2-5-10/h3,6-7,10,13,18,20H,1-2,4-5,8-9H2. The fraction of sp³-hybridized carbons (Fsp3) is 0.643. The third-order valence-corrected chi connectivity index (χ3v) is 3.79. The molecule has 0 radical (unpaired) electrons. The molecule has 1 aromatic rings. The molecule has 6 heteroatoms. The van der Waals surface area contributed by atoms with Gasteiger partial charge in [0.05, 0.1) is 17.4 Å². The number of rotatable bonds is 5. The summed E-state index contributed by atoms with van der Waals surface area (Å²) >= 11 is 0. The summed E-state index contributed by atoms with van der Waals surface area (Å²) < 4.78 is 38.3. The number of alkyl halides is 3. The van der Waals surface area contributed by atoms with E-state index < -0.39 is 17.8 Å². The first-order chi connectivity index (χ1) is 9.48. The Labute approximate surface area is 116 Å². The van der Waals surface area contributed by atoms with Gasteiger partial charge in [-0.15, -0.1) is 0 Å². The Bertz CT molecular complexity index is 431. The van der Waals surface area contributed by atoms with Gasteiger partial charge in [0.1, 0.15) is 0 Å². The summed E-state index contributed by atoms with van der Waals surface area (Å²) in [5.74, 6) is 0.272. The van der Waals surface area contributed by atoms with Gasteiger partial charge in [0, 0.05) is 19.3 Å². The predicted molar refractivity (Wildman–Crippen MR) is 68.9 cm³/mol. The first-order valence-corrected chi connectivity index (χ1v) is 6.88. The third kappa shape index (κ3) is 3.93. The van der Waals surface area contributed by atoms with Crippen LogP contribution in [0.3, 0.4) is 0 Å². The Morgan fingerprint density at radius 3 is 2.70 bits per heavy atom. The van der Waals surface area contributed by atoms with Crippen LogP contribution in [0.2, 0.25) is 0 Å². The average Bonchev–Trinajstić information content (AvgIpc) is 2.92. The Hall–Kier alpha value is -1.14. The fourth-order valence-electron chi connectivity index (χ4n) is 2.68. The van der Waals surface area contributed by atoms with Crippen molar-refractivity contribution in [3.8, 4) is 0 Å². The summed E-state index contributed by atoms with van der Waals surface area (Å²) in [6.07, 6.45) is 0.714. The molecule has 112 valence electrons. The molecule has 0 aliphatic heterocycles. The fourth-order valence-corrected chi connectivity index (χ4v) is 2.68. The number of nitrogens with zero attached hydrogens (tertiary/aromatic N) is 1. The molecular weight excluding hydrogens is 269 g/mol. The number of aromatic nitrogens is 1. The van der Waals surface area contributed by atoms with Crippen molar-refractivity contribution in [3.63, 3.8) is 0 Å². The lowest BCUT2D eigenvalue weighted by atomic mass is 10.0. The van der Waals surface area contributed by atoms with Crippen molar-refractivity contribution < 1.29 is 18.3 Å². The van der Waals surface area contributed by atoms with E-state index in [1.807, 2.05) is 0 Å². The molecule has 1 saturated carbocycles. The lowest BCUT2D eigenvalue weighted by Crippen LogP contribution is -2.32. The summed E-state index contributed by atoms with van der Waals surface area (Å²) in [7, 11) is 0. The summed E-state index contributed by atoms with van der Waals surface area (Å²) in [6.45, 7) is 0.317. The molecular formula is C14H19F3N2O. The highest BCUT2D eigenvalue weighted by Crippen LogP contribution is 2.31. The number of pyridine rings is 1. The molecule has 1 heterocycles. The molecule has 1 aromatic heterocycles. The highest BCUT2D eigenvalue weighted by Gasteiger charge is 2.33. The van der Waals surface area contributed by atoms with Gasteiger partial charge in [-0.05, 0) is 30.9 Å². The number of nitrogens with one attached hydrogen (secondary N) is 1. The zero-order chi connectivity index (χ0) is 14.6. The SMILES string of the molecule is OC(CNCc1ncccc1C(F)(F)F)C1CCCC1. The van der Waals surface area contributed by atoms with E-state index in [0.717, 1.165) is 31.7 Å². The van der Waals surface area contributed by atoms with E-state index in [-0.39, 0.29) is 18.2 Å². The van der Waals surface area contributed by atoms with E-state index in [1.54, 1.807) is 0 Å². The van der Waals surface area contributed by atoms with Crippen molar-refractivity contribution in [2.45, 2.75) is 44.5 Å². The van der Waals surface area contributed by atoms with Gasteiger partial charge in [0.2, 0.25) is 0 Å². The summed E-state index contributed by atoms with van der Waals surface area (Å²) in [5, 5.41) is 12.8. The van der Waals surface area contributed by atoms with Crippen LogP contribution >= 0.6 is 0 Å². The molecule has 0 spiro atoms. The molecule has 0 saturated heterocycles. The maximum atomic E-state index is 12.8. The molecule has 0 aromatic carbocycles. The molecule has 1 aliphatic rings. The Kier molecular flexibility index (Phi) is 4.99. The van der Waals surface area contributed by atoms with Crippen molar-refractivity contribution in [3.05, 3.63) is 29.6 Å². The van der Waals surface area contributed by atoms with Gasteiger partial charge in [-0.2, -0.15) is 13.2 Å². The Morgan fingerprint density at radius 2 is 2.05 bits per heavy atom. The van der Waals surface area contributed by atoms with Gasteiger partial charge in [0.15, 0.2) is 0 Å². The molecule has 0 amide bonds. The number of hydrogen-bond donors (Lipinski definition) is 2. The molecule has 1 aliphatic carbocycles. The van der Waals surface area contributed by atoms with E-state index in [0.29, 0.717) is 6.54 Å². The minimum absolute atomic E-state index is 0.0134. The first-order valence-electron chi connectivity index (χ1n) is 6.88. The minimum atomic E-state index is -4.39. The number of hydrogen-bond acceptors (Lipinski definition) is 3. The van der Waals surface area contributed by atoms with Gasteiger partial charge >= 0.3 is 6.18 Å². The van der Waals surface area contributed by atoms with E-state index in [4.69, 9.17) is 0 Å². The molecule has 0 bridgehead atoms. The van der Waals surface area contributed by atoms with Crippen LogP contribution in [0.5, 0.6) is 0 Å². The van der Waals surface area contributed by atoms with Crippen LogP contribution in [-0.2, 0) is 12.7 Å². The molecule has 3 nitrogen and oxygen atoms in total. The maximum absolute atomic E-state index is 12.8. The monoisotopic (exact) mass is 288 g/mol. The Balaban J connectivity index is 1.88. The minimum Gasteiger partial charge on any atom is -0.392 e. The predicted octanol–water partition coefficient (Wildman–Crippen LogP) is 2.74. The molecule has 20 heavy (non-hydrogen) atoms. The zero-order valence-electron chi connectivity index (χ0n) is 11.2. The lowest BCUT2D eigenvalue weighted by molar-refractivity contribution is -0.138. The topological polar surface area (TPSA) is 45.1 Å². The highest BCUT2D eigenvalue weighted by atomic mass is 19.4. The van der Waals surface area contributed by atoms with E-state index in [9.17, 15) is 18.3 Å². The first kappa shape index (κ1) is 15.3. The second-order valence-corrected chi connectivity index (χ2v) is 5.24.